The molecule has 1 fully saturated rings. The maximum absolute atomic E-state index is 4.37. The molecular weight excluding hydrogens is 222 g/mol. The van der Waals surface area contributed by atoms with Crippen molar-refractivity contribution in [3.8, 4) is 0 Å². The van der Waals surface area contributed by atoms with Gasteiger partial charge in [-0.15, -0.1) is 0 Å². The first-order valence-corrected chi connectivity index (χ1v) is 7.54. The predicted octanol–water partition coefficient (Wildman–Crippen LogP) is 3.52. The molecule has 0 amide bonds. The molecule has 0 radical (unpaired) electrons. The second kappa shape index (κ2) is 6.93. The van der Waals surface area contributed by atoms with Crippen LogP contribution in [0.4, 0.5) is 0 Å². The Labute approximate surface area is 111 Å². The van der Waals surface area contributed by atoms with E-state index in [2.05, 4.69) is 35.1 Å². The van der Waals surface area contributed by atoms with Crippen molar-refractivity contribution in [1.29, 1.82) is 0 Å². The molecule has 3 nitrogen and oxygen atoms in total. The summed E-state index contributed by atoms with van der Waals surface area (Å²) in [4.78, 5) is 0. The van der Waals surface area contributed by atoms with Crippen molar-refractivity contribution in [2.75, 3.05) is 7.05 Å². The number of hydrogen-bond donors (Lipinski definition) is 1. The predicted molar refractivity (Wildman–Crippen MR) is 75.5 cm³/mol. The van der Waals surface area contributed by atoms with Crippen molar-refractivity contribution in [3.05, 3.63) is 18.0 Å². The van der Waals surface area contributed by atoms with E-state index in [1.165, 1.54) is 50.6 Å². The molecule has 1 saturated carbocycles. The van der Waals surface area contributed by atoms with Gasteiger partial charge in [-0.05, 0) is 38.8 Å². The highest BCUT2D eigenvalue weighted by Gasteiger charge is 2.18. The topological polar surface area (TPSA) is 29.9 Å². The molecule has 0 bridgehead atoms. The van der Waals surface area contributed by atoms with E-state index in [1.807, 2.05) is 6.20 Å². The van der Waals surface area contributed by atoms with Crippen LogP contribution in [0.25, 0.3) is 0 Å². The summed E-state index contributed by atoms with van der Waals surface area (Å²) in [5, 5.41) is 7.83. The Balaban J connectivity index is 1.88. The Bertz CT molecular complexity index is 339. The van der Waals surface area contributed by atoms with Crippen LogP contribution < -0.4 is 5.32 Å². The molecule has 1 aromatic heterocycles. The third kappa shape index (κ3) is 3.35. The second-order valence-electron chi connectivity index (χ2n) is 5.49. The van der Waals surface area contributed by atoms with Crippen LogP contribution >= 0.6 is 0 Å². The second-order valence-corrected chi connectivity index (χ2v) is 5.49. The summed E-state index contributed by atoms with van der Waals surface area (Å²) in [5.41, 5.74) is 1.34. The number of rotatable bonds is 6. The molecule has 1 N–H and O–H groups in total. The maximum Gasteiger partial charge on any atom is 0.0553 e. The zero-order valence-corrected chi connectivity index (χ0v) is 11.9. The molecule has 0 aromatic carbocycles. The fourth-order valence-electron chi connectivity index (χ4n) is 3.22. The lowest BCUT2D eigenvalue weighted by atomic mass is 9.85. The first kappa shape index (κ1) is 13.6. The van der Waals surface area contributed by atoms with Gasteiger partial charge in [-0.25, -0.2) is 0 Å². The number of hydrogen-bond acceptors (Lipinski definition) is 2. The van der Waals surface area contributed by atoms with Gasteiger partial charge < -0.3 is 5.32 Å². The average Bonchev–Trinajstić information content (AvgIpc) is 2.89. The summed E-state index contributed by atoms with van der Waals surface area (Å²) in [5.74, 6) is 0.965. The summed E-state index contributed by atoms with van der Waals surface area (Å²) in [6.07, 6.45) is 11.8. The number of nitrogens with zero attached hydrogens (tertiary/aromatic N) is 2. The Kier molecular flexibility index (Phi) is 5.24. The van der Waals surface area contributed by atoms with Crippen LogP contribution in [0, 0.1) is 5.92 Å². The summed E-state index contributed by atoms with van der Waals surface area (Å²) < 4.78 is 2.11. The molecule has 1 aliphatic rings. The van der Waals surface area contributed by atoms with E-state index in [1.54, 1.807) is 0 Å². The largest absolute Gasteiger partial charge is 0.312 e. The normalized spacial score (nSPS) is 19.0. The van der Waals surface area contributed by atoms with Crippen LogP contribution in [0.5, 0.6) is 0 Å². The van der Waals surface area contributed by atoms with Crippen LogP contribution in [0.15, 0.2) is 12.3 Å². The highest BCUT2D eigenvalue weighted by Crippen LogP contribution is 2.30. The summed E-state index contributed by atoms with van der Waals surface area (Å²) >= 11 is 0. The molecule has 1 atom stereocenters. The summed E-state index contributed by atoms with van der Waals surface area (Å²) in [6.45, 7) is 3.12. The van der Waals surface area contributed by atoms with Crippen LogP contribution in [0.1, 0.15) is 63.6 Å². The molecule has 102 valence electrons. The van der Waals surface area contributed by atoms with Crippen LogP contribution in [0.3, 0.4) is 0 Å². The highest BCUT2D eigenvalue weighted by atomic mass is 15.3. The van der Waals surface area contributed by atoms with Gasteiger partial charge in [0.25, 0.3) is 0 Å². The minimum Gasteiger partial charge on any atom is -0.312 e. The Morgan fingerprint density at radius 1 is 1.39 bits per heavy atom. The van der Waals surface area contributed by atoms with E-state index in [4.69, 9.17) is 0 Å². The first-order chi connectivity index (χ1) is 8.85. The van der Waals surface area contributed by atoms with E-state index in [0.717, 1.165) is 12.5 Å². The van der Waals surface area contributed by atoms with E-state index in [-0.39, 0.29) is 0 Å². The standard InChI is InChI=1S/C15H27N3/c1-3-18-15(11-12-17-18)14(16-2)10-9-13-7-5-4-6-8-13/h11-14,16H,3-10H2,1-2H3. The van der Waals surface area contributed by atoms with Crippen LogP contribution in [-0.4, -0.2) is 16.8 Å². The van der Waals surface area contributed by atoms with Gasteiger partial charge in [0.15, 0.2) is 0 Å². The van der Waals surface area contributed by atoms with Crippen molar-refractivity contribution >= 4 is 0 Å². The van der Waals surface area contributed by atoms with Crippen molar-refractivity contribution < 1.29 is 0 Å². The molecule has 2 rings (SSSR count). The molecule has 0 aliphatic heterocycles. The number of aromatic nitrogens is 2. The van der Waals surface area contributed by atoms with Gasteiger partial charge in [0.05, 0.1) is 5.69 Å². The number of aryl methyl sites for hydroxylation is 1. The van der Waals surface area contributed by atoms with Crippen molar-refractivity contribution in [1.82, 2.24) is 15.1 Å². The molecule has 1 aromatic rings. The monoisotopic (exact) mass is 249 g/mol. The quantitative estimate of drug-likeness (QED) is 0.836. The van der Waals surface area contributed by atoms with E-state index >= 15 is 0 Å². The highest BCUT2D eigenvalue weighted by molar-refractivity contribution is 5.06. The fraction of sp³-hybridized carbons (Fsp3) is 0.800. The van der Waals surface area contributed by atoms with Gasteiger partial charge >= 0.3 is 0 Å². The molecule has 1 aliphatic carbocycles. The third-order valence-corrected chi connectivity index (χ3v) is 4.34. The summed E-state index contributed by atoms with van der Waals surface area (Å²) in [6, 6.07) is 2.63. The van der Waals surface area contributed by atoms with Crippen molar-refractivity contribution in [2.45, 2.75) is 64.5 Å². The van der Waals surface area contributed by atoms with Gasteiger partial charge in [-0.1, -0.05) is 32.1 Å². The number of nitrogens with one attached hydrogen (secondary N) is 1. The Morgan fingerprint density at radius 2 is 2.17 bits per heavy atom. The fourth-order valence-corrected chi connectivity index (χ4v) is 3.22. The zero-order chi connectivity index (χ0) is 12.8. The van der Waals surface area contributed by atoms with Gasteiger partial charge in [-0.3, -0.25) is 4.68 Å². The molecule has 1 heterocycles. The van der Waals surface area contributed by atoms with Crippen LogP contribution in [0.2, 0.25) is 0 Å². The smallest absolute Gasteiger partial charge is 0.0553 e. The molecule has 1 unspecified atom stereocenters. The SMILES string of the molecule is CCn1nccc1C(CCC1CCCCC1)NC. The Hall–Kier alpha value is -0.830. The van der Waals surface area contributed by atoms with Gasteiger partial charge in [0.2, 0.25) is 0 Å². The Morgan fingerprint density at radius 3 is 2.83 bits per heavy atom. The first-order valence-electron chi connectivity index (χ1n) is 7.54. The molecular formula is C15H27N3. The van der Waals surface area contributed by atoms with E-state index in [0.29, 0.717) is 6.04 Å². The average molecular weight is 249 g/mol. The van der Waals surface area contributed by atoms with Crippen LogP contribution in [-0.2, 0) is 6.54 Å². The lowest BCUT2D eigenvalue weighted by Crippen LogP contribution is -2.21. The minimum absolute atomic E-state index is 0.467. The van der Waals surface area contributed by atoms with Crippen molar-refractivity contribution in [2.24, 2.45) is 5.92 Å². The third-order valence-electron chi connectivity index (χ3n) is 4.34. The van der Waals surface area contributed by atoms with E-state index in [9.17, 15) is 0 Å². The van der Waals surface area contributed by atoms with Gasteiger partial charge in [0, 0.05) is 18.8 Å². The van der Waals surface area contributed by atoms with E-state index < -0.39 is 0 Å². The minimum atomic E-state index is 0.467. The maximum atomic E-state index is 4.37. The van der Waals surface area contributed by atoms with Crippen molar-refractivity contribution in [3.63, 3.8) is 0 Å². The molecule has 3 heteroatoms. The summed E-state index contributed by atoms with van der Waals surface area (Å²) in [7, 11) is 2.07. The zero-order valence-electron chi connectivity index (χ0n) is 11.9. The molecule has 0 saturated heterocycles. The lowest BCUT2D eigenvalue weighted by molar-refractivity contribution is 0.314. The molecule has 18 heavy (non-hydrogen) atoms. The van der Waals surface area contributed by atoms with Gasteiger partial charge in [-0.2, -0.15) is 5.10 Å². The molecule has 0 spiro atoms. The lowest BCUT2D eigenvalue weighted by Gasteiger charge is -2.24. The van der Waals surface area contributed by atoms with Gasteiger partial charge in [0.1, 0.15) is 0 Å².